The van der Waals surface area contributed by atoms with Crippen molar-refractivity contribution in [3.63, 3.8) is 0 Å². The van der Waals surface area contributed by atoms with Gasteiger partial charge in [0.2, 0.25) is 0 Å². The zero-order valence-electron chi connectivity index (χ0n) is 15.4. The number of nitrogens with zero attached hydrogens (tertiary/aromatic N) is 2. The van der Waals surface area contributed by atoms with Crippen LogP contribution in [0.15, 0.2) is 23.2 Å². The Labute approximate surface area is 156 Å². The van der Waals surface area contributed by atoms with Gasteiger partial charge in [-0.05, 0) is 31.9 Å². The van der Waals surface area contributed by atoms with Crippen LogP contribution in [0.25, 0.3) is 0 Å². The van der Waals surface area contributed by atoms with E-state index in [1.54, 1.807) is 14.0 Å². The number of carbonyl (C=O) groups is 1. The van der Waals surface area contributed by atoms with Gasteiger partial charge in [0.25, 0.3) is 0 Å². The lowest BCUT2D eigenvalue weighted by atomic mass is 9.97. The van der Waals surface area contributed by atoms with Crippen molar-refractivity contribution < 1.29 is 27.4 Å². The van der Waals surface area contributed by atoms with Gasteiger partial charge in [0.1, 0.15) is 11.6 Å². The summed E-state index contributed by atoms with van der Waals surface area (Å²) in [5.41, 5.74) is 0.000333. The van der Waals surface area contributed by atoms with E-state index in [9.17, 15) is 18.0 Å². The molecular formula is C18H24F3N3O3. The largest absolute Gasteiger partial charge is 0.466 e. The van der Waals surface area contributed by atoms with Gasteiger partial charge >= 0.3 is 12.6 Å². The first kappa shape index (κ1) is 20.9. The molecule has 0 saturated carbocycles. The maximum absolute atomic E-state index is 14.0. The second-order valence-corrected chi connectivity index (χ2v) is 6.01. The first-order chi connectivity index (χ1) is 13.0. The fourth-order valence-corrected chi connectivity index (χ4v) is 3.00. The minimum Gasteiger partial charge on any atom is -0.466 e. The molecule has 1 aliphatic heterocycles. The summed E-state index contributed by atoms with van der Waals surface area (Å²) < 4.78 is 48.5. The number of esters is 1. The Morgan fingerprint density at radius 1 is 1.37 bits per heavy atom. The van der Waals surface area contributed by atoms with Crippen molar-refractivity contribution >= 4 is 11.9 Å². The number of piperidine rings is 1. The second kappa shape index (κ2) is 10.0. The third-order valence-electron chi connectivity index (χ3n) is 4.34. The minimum absolute atomic E-state index is 0.000333. The Kier molecular flexibility index (Phi) is 7.75. The smallest absolute Gasteiger partial charge is 0.387 e. The summed E-state index contributed by atoms with van der Waals surface area (Å²) in [6.45, 7) is 0.203. The van der Waals surface area contributed by atoms with Gasteiger partial charge in [-0.3, -0.25) is 9.79 Å². The van der Waals surface area contributed by atoms with Crippen LogP contribution in [-0.2, 0) is 16.1 Å². The third kappa shape index (κ3) is 5.77. The summed E-state index contributed by atoms with van der Waals surface area (Å²) in [6.07, 6.45) is 1.25. The SMILES string of the molecule is CCOC(=O)C1CCN(C(=NC)NCc2c(F)cccc2OC(F)F)CC1. The van der Waals surface area contributed by atoms with Crippen molar-refractivity contribution in [2.45, 2.75) is 32.9 Å². The minimum atomic E-state index is -3.04. The van der Waals surface area contributed by atoms with Crippen molar-refractivity contribution in [2.75, 3.05) is 26.7 Å². The number of halogens is 3. The number of carbonyl (C=O) groups excluding carboxylic acids is 1. The fourth-order valence-electron chi connectivity index (χ4n) is 3.00. The van der Waals surface area contributed by atoms with Crippen molar-refractivity contribution in [1.82, 2.24) is 10.2 Å². The number of nitrogens with one attached hydrogen (secondary N) is 1. The van der Waals surface area contributed by atoms with Gasteiger partial charge in [-0.1, -0.05) is 6.07 Å². The van der Waals surface area contributed by atoms with Crippen LogP contribution in [0.5, 0.6) is 5.75 Å². The zero-order chi connectivity index (χ0) is 19.8. The third-order valence-corrected chi connectivity index (χ3v) is 4.34. The quantitative estimate of drug-likeness (QED) is 0.462. The molecule has 0 radical (unpaired) electrons. The first-order valence-electron chi connectivity index (χ1n) is 8.80. The molecule has 0 spiro atoms. The van der Waals surface area contributed by atoms with E-state index >= 15 is 0 Å². The van der Waals surface area contributed by atoms with Gasteiger partial charge in [-0.25, -0.2) is 4.39 Å². The van der Waals surface area contributed by atoms with E-state index in [0.29, 0.717) is 38.5 Å². The molecule has 1 heterocycles. The molecule has 0 unspecified atom stereocenters. The molecule has 1 aromatic rings. The van der Waals surface area contributed by atoms with E-state index in [2.05, 4.69) is 15.0 Å². The molecule has 0 amide bonds. The number of alkyl halides is 2. The molecule has 1 fully saturated rings. The van der Waals surface area contributed by atoms with E-state index in [1.165, 1.54) is 18.2 Å². The van der Waals surface area contributed by atoms with Crippen LogP contribution < -0.4 is 10.1 Å². The number of hydrogen-bond acceptors (Lipinski definition) is 4. The maximum Gasteiger partial charge on any atom is 0.387 e. The van der Waals surface area contributed by atoms with E-state index in [-0.39, 0.29) is 29.7 Å². The highest BCUT2D eigenvalue weighted by Gasteiger charge is 2.27. The highest BCUT2D eigenvalue weighted by atomic mass is 19.3. The fraction of sp³-hybridized carbons (Fsp3) is 0.556. The molecule has 27 heavy (non-hydrogen) atoms. The van der Waals surface area contributed by atoms with Crippen molar-refractivity contribution in [2.24, 2.45) is 10.9 Å². The summed E-state index contributed by atoms with van der Waals surface area (Å²) in [5, 5.41) is 2.97. The number of guanidine groups is 1. The average Bonchev–Trinajstić information content (AvgIpc) is 2.64. The molecule has 1 aromatic carbocycles. The highest BCUT2D eigenvalue weighted by molar-refractivity contribution is 5.80. The lowest BCUT2D eigenvalue weighted by Gasteiger charge is -2.33. The predicted octanol–water partition coefficient (Wildman–Crippen LogP) is 2.78. The van der Waals surface area contributed by atoms with Crippen LogP contribution in [0.3, 0.4) is 0 Å². The van der Waals surface area contributed by atoms with Crippen LogP contribution in [0.4, 0.5) is 13.2 Å². The molecule has 0 bridgehead atoms. The van der Waals surface area contributed by atoms with E-state index in [4.69, 9.17) is 4.74 Å². The molecule has 1 N–H and O–H groups in total. The van der Waals surface area contributed by atoms with Gasteiger partial charge in [-0.15, -0.1) is 0 Å². The number of aliphatic imine (C=N–C) groups is 1. The molecule has 1 aliphatic rings. The summed E-state index contributed by atoms with van der Waals surface area (Å²) in [4.78, 5) is 17.9. The van der Waals surface area contributed by atoms with Gasteiger partial charge in [0, 0.05) is 32.2 Å². The molecule has 0 aliphatic carbocycles. The molecule has 9 heteroatoms. The number of benzene rings is 1. The second-order valence-electron chi connectivity index (χ2n) is 6.01. The molecule has 0 atom stereocenters. The van der Waals surface area contributed by atoms with Gasteiger partial charge < -0.3 is 19.7 Å². The Balaban J connectivity index is 1.97. The Morgan fingerprint density at radius 3 is 2.67 bits per heavy atom. The van der Waals surface area contributed by atoms with Crippen LogP contribution in [0.2, 0.25) is 0 Å². The summed E-state index contributed by atoms with van der Waals surface area (Å²) in [6, 6.07) is 3.79. The number of hydrogen-bond donors (Lipinski definition) is 1. The molecule has 150 valence electrons. The molecule has 6 nitrogen and oxygen atoms in total. The standard InChI is InChI=1S/C18H24F3N3O3/c1-3-26-16(25)12-7-9-24(10-8-12)18(22-2)23-11-13-14(19)5-4-6-15(13)27-17(20)21/h4-6,12,17H,3,7-11H2,1-2H3,(H,22,23). The number of likely N-dealkylation sites (tertiary alicyclic amines) is 1. The molecule has 2 rings (SSSR count). The van der Waals surface area contributed by atoms with E-state index in [1.807, 2.05) is 4.90 Å². The van der Waals surface area contributed by atoms with Crippen LogP contribution >= 0.6 is 0 Å². The Morgan fingerprint density at radius 2 is 2.07 bits per heavy atom. The van der Waals surface area contributed by atoms with Crippen LogP contribution in [-0.4, -0.2) is 50.2 Å². The van der Waals surface area contributed by atoms with Crippen molar-refractivity contribution in [3.05, 3.63) is 29.6 Å². The highest BCUT2D eigenvalue weighted by Crippen LogP contribution is 2.24. The lowest BCUT2D eigenvalue weighted by Crippen LogP contribution is -2.46. The average molecular weight is 387 g/mol. The van der Waals surface area contributed by atoms with Crippen LogP contribution in [0.1, 0.15) is 25.3 Å². The first-order valence-corrected chi connectivity index (χ1v) is 8.80. The zero-order valence-corrected chi connectivity index (χ0v) is 15.4. The molecule has 0 aromatic heterocycles. The lowest BCUT2D eigenvalue weighted by molar-refractivity contribution is -0.149. The summed E-state index contributed by atoms with van der Waals surface area (Å²) >= 11 is 0. The van der Waals surface area contributed by atoms with Gasteiger partial charge in [0.05, 0.1) is 12.5 Å². The maximum atomic E-state index is 14.0. The van der Waals surface area contributed by atoms with Crippen molar-refractivity contribution in [1.29, 1.82) is 0 Å². The van der Waals surface area contributed by atoms with Crippen molar-refractivity contribution in [3.8, 4) is 5.75 Å². The van der Waals surface area contributed by atoms with E-state index < -0.39 is 12.4 Å². The predicted molar refractivity (Wildman–Crippen MR) is 94.2 cm³/mol. The van der Waals surface area contributed by atoms with Gasteiger partial charge in [-0.2, -0.15) is 8.78 Å². The van der Waals surface area contributed by atoms with Crippen LogP contribution in [0, 0.1) is 11.7 Å². The summed E-state index contributed by atoms with van der Waals surface area (Å²) in [5.74, 6) is -0.688. The Hall–Kier alpha value is -2.45. The molecule has 1 saturated heterocycles. The summed E-state index contributed by atoms with van der Waals surface area (Å²) in [7, 11) is 1.58. The number of rotatable bonds is 6. The Bertz CT molecular complexity index is 662. The topological polar surface area (TPSA) is 63.2 Å². The normalized spacial score (nSPS) is 15.8. The van der Waals surface area contributed by atoms with E-state index in [0.717, 1.165) is 0 Å². The monoisotopic (exact) mass is 387 g/mol. The molecular weight excluding hydrogens is 363 g/mol. The number of ether oxygens (including phenoxy) is 2. The van der Waals surface area contributed by atoms with Gasteiger partial charge in [0.15, 0.2) is 5.96 Å².